The molecule has 2 aliphatic rings. The fraction of sp³-hybridized carbons (Fsp3) is 0.500. The summed E-state index contributed by atoms with van der Waals surface area (Å²) in [5.74, 6) is 0.951. The van der Waals surface area contributed by atoms with Crippen LogP contribution >= 0.6 is 0 Å². The highest BCUT2D eigenvalue weighted by molar-refractivity contribution is 5.96. The van der Waals surface area contributed by atoms with Gasteiger partial charge in [-0.25, -0.2) is 18.7 Å². The zero-order valence-corrected chi connectivity index (χ0v) is 19.5. The van der Waals surface area contributed by atoms with Crippen molar-refractivity contribution in [1.29, 1.82) is 0 Å². The van der Waals surface area contributed by atoms with Gasteiger partial charge in [-0.1, -0.05) is 25.7 Å². The largest absolute Gasteiger partial charge is 0.351 e. The Morgan fingerprint density at radius 3 is 2.65 bits per heavy atom. The number of hydrogen-bond acceptors (Lipinski definition) is 4. The van der Waals surface area contributed by atoms with Crippen LogP contribution in [0.1, 0.15) is 69.7 Å². The van der Waals surface area contributed by atoms with Crippen LogP contribution < -0.4 is 5.32 Å². The summed E-state index contributed by atoms with van der Waals surface area (Å²) >= 11 is 0. The third-order valence-corrected chi connectivity index (χ3v) is 7.67. The van der Waals surface area contributed by atoms with Gasteiger partial charge in [0, 0.05) is 29.4 Å². The van der Waals surface area contributed by atoms with Crippen LogP contribution in [0.3, 0.4) is 0 Å². The van der Waals surface area contributed by atoms with Gasteiger partial charge in [-0.15, -0.1) is 0 Å². The van der Waals surface area contributed by atoms with Crippen molar-refractivity contribution in [3.8, 4) is 11.1 Å². The zero-order chi connectivity index (χ0) is 23.3. The minimum Gasteiger partial charge on any atom is -0.351 e. The standard InChI is InChI=1S/C26H30F2N6/c1-16-32-23-21(27)11-17(12-22(23)34(16)18-7-4-2-3-5-8-18)19-13-29-24-20(19)14-30-25(33-24)31-15-26(28)9-6-10-26/h11-14,18H,2-10,15H2,1H3,(H2,29,30,31,33). The van der Waals surface area contributed by atoms with E-state index < -0.39 is 5.67 Å². The first kappa shape index (κ1) is 21.5. The molecular weight excluding hydrogens is 434 g/mol. The Morgan fingerprint density at radius 1 is 1.12 bits per heavy atom. The number of imidazole rings is 1. The highest BCUT2D eigenvalue weighted by atomic mass is 19.1. The van der Waals surface area contributed by atoms with Crippen LogP contribution in [-0.4, -0.2) is 36.7 Å². The monoisotopic (exact) mass is 464 g/mol. The third kappa shape index (κ3) is 3.73. The predicted octanol–water partition coefficient (Wildman–Crippen LogP) is 6.62. The minimum atomic E-state index is -1.15. The molecule has 0 atom stereocenters. The Morgan fingerprint density at radius 2 is 1.91 bits per heavy atom. The van der Waals surface area contributed by atoms with E-state index in [1.54, 1.807) is 12.3 Å². The molecule has 34 heavy (non-hydrogen) atoms. The van der Waals surface area contributed by atoms with Crippen molar-refractivity contribution in [2.45, 2.75) is 76.4 Å². The SMILES string of the molecule is Cc1nc2c(F)cc(-c3c[nH]c4nc(NCC5(F)CCC5)ncc34)cc2n1C1CCCCCC1. The van der Waals surface area contributed by atoms with Crippen LogP contribution in [0.4, 0.5) is 14.7 Å². The smallest absolute Gasteiger partial charge is 0.224 e. The van der Waals surface area contributed by atoms with Crippen molar-refractivity contribution in [2.24, 2.45) is 0 Å². The molecule has 0 unspecified atom stereocenters. The van der Waals surface area contributed by atoms with Gasteiger partial charge < -0.3 is 14.9 Å². The van der Waals surface area contributed by atoms with Gasteiger partial charge in [0.25, 0.3) is 0 Å². The van der Waals surface area contributed by atoms with Crippen molar-refractivity contribution < 1.29 is 8.78 Å². The molecule has 0 radical (unpaired) electrons. The molecule has 2 aliphatic carbocycles. The summed E-state index contributed by atoms with van der Waals surface area (Å²) in [7, 11) is 0. The Kier molecular flexibility index (Phi) is 5.26. The number of anilines is 1. The number of rotatable bonds is 5. The lowest BCUT2D eigenvalue weighted by molar-refractivity contribution is 0.0782. The lowest BCUT2D eigenvalue weighted by Crippen LogP contribution is -2.39. The molecule has 3 aromatic heterocycles. The molecule has 2 fully saturated rings. The maximum absolute atomic E-state index is 15.2. The number of aryl methyl sites for hydroxylation is 1. The molecule has 2 saturated carbocycles. The average Bonchev–Trinajstić information content (AvgIpc) is 3.26. The average molecular weight is 465 g/mol. The fourth-order valence-corrected chi connectivity index (χ4v) is 5.61. The van der Waals surface area contributed by atoms with Crippen LogP contribution in [0.2, 0.25) is 0 Å². The fourth-order valence-electron chi connectivity index (χ4n) is 5.61. The van der Waals surface area contributed by atoms with E-state index in [4.69, 9.17) is 0 Å². The molecule has 3 heterocycles. The Hall–Kier alpha value is -3.03. The third-order valence-electron chi connectivity index (χ3n) is 7.67. The number of alkyl halides is 1. The van der Waals surface area contributed by atoms with Gasteiger partial charge in [0.15, 0.2) is 5.82 Å². The lowest BCUT2D eigenvalue weighted by atomic mass is 9.82. The summed E-state index contributed by atoms with van der Waals surface area (Å²) in [5, 5.41) is 3.83. The van der Waals surface area contributed by atoms with Crippen molar-refractivity contribution in [3.63, 3.8) is 0 Å². The van der Waals surface area contributed by atoms with E-state index in [1.807, 2.05) is 19.2 Å². The van der Waals surface area contributed by atoms with Crippen molar-refractivity contribution in [1.82, 2.24) is 24.5 Å². The number of fused-ring (bicyclic) bond motifs is 2. The van der Waals surface area contributed by atoms with Gasteiger partial charge in [0.05, 0.1) is 12.1 Å². The summed E-state index contributed by atoms with van der Waals surface area (Å²) in [6.07, 6.45) is 12.8. The molecule has 8 heteroatoms. The van der Waals surface area contributed by atoms with Crippen molar-refractivity contribution in [2.75, 3.05) is 11.9 Å². The van der Waals surface area contributed by atoms with Crippen LogP contribution in [0, 0.1) is 12.7 Å². The topological polar surface area (TPSA) is 71.4 Å². The minimum absolute atomic E-state index is 0.221. The number of nitrogens with one attached hydrogen (secondary N) is 2. The molecule has 0 bridgehead atoms. The first-order chi connectivity index (χ1) is 16.5. The number of aromatic nitrogens is 5. The first-order valence-corrected chi connectivity index (χ1v) is 12.5. The molecule has 0 amide bonds. The Balaban J connectivity index is 1.36. The number of benzene rings is 1. The van der Waals surface area contributed by atoms with E-state index in [1.165, 1.54) is 25.7 Å². The van der Waals surface area contributed by atoms with Gasteiger partial charge >= 0.3 is 0 Å². The predicted molar refractivity (Wildman–Crippen MR) is 130 cm³/mol. The molecule has 6 rings (SSSR count). The summed E-state index contributed by atoms with van der Waals surface area (Å²) in [5.41, 5.74) is 2.39. The van der Waals surface area contributed by atoms with E-state index >= 15 is 4.39 Å². The summed E-state index contributed by atoms with van der Waals surface area (Å²) in [6.45, 7) is 2.20. The quantitative estimate of drug-likeness (QED) is 0.326. The van der Waals surface area contributed by atoms with E-state index in [0.29, 0.717) is 36.0 Å². The van der Waals surface area contributed by atoms with Crippen molar-refractivity contribution in [3.05, 3.63) is 36.2 Å². The number of hydrogen-bond donors (Lipinski definition) is 2. The molecule has 178 valence electrons. The second-order valence-corrected chi connectivity index (χ2v) is 10.0. The number of halogens is 2. The van der Waals surface area contributed by atoms with E-state index in [2.05, 4.69) is 29.8 Å². The van der Waals surface area contributed by atoms with Gasteiger partial charge in [0.1, 0.15) is 22.7 Å². The van der Waals surface area contributed by atoms with Crippen LogP contribution in [0.25, 0.3) is 33.2 Å². The molecule has 0 spiro atoms. The highest BCUT2D eigenvalue weighted by Gasteiger charge is 2.36. The maximum Gasteiger partial charge on any atom is 0.224 e. The summed E-state index contributed by atoms with van der Waals surface area (Å²) in [6, 6.07) is 3.95. The molecule has 6 nitrogen and oxygen atoms in total. The molecule has 2 N–H and O–H groups in total. The van der Waals surface area contributed by atoms with Gasteiger partial charge in [-0.3, -0.25) is 0 Å². The van der Waals surface area contributed by atoms with Crippen LogP contribution in [0.5, 0.6) is 0 Å². The van der Waals surface area contributed by atoms with E-state index in [9.17, 15) is 4.39 Å². The molecule has 4 aromatic rings. The van der Waals surface area contributed by atoms with Crippen LogP contribution in [-0.2, 0) is 0 Å². The van der Waals surface area contributed by atoms with E-state index in [0.717, 1.165) is 47.1 Å². The van der Waals surface area contributed by atoms with Gasteiger partial charge in [-0.2, -0.15) is 4.98 Å². The molecular formula is C26H30F2N6. The molecule has 0 aliphatic heterocycles. The second kappa shape index (κ2) is 8.32. The molecule has 0 saturated heterocycles. The number of nitrogens with zero attached hydrogens (tertiary/aromatic N) is 4. The Bertz CT molecular complexity index is 1340. The van der Waals surface area contributed by atoms with Gasteiger partial charge in [-0.05, 0) is 56.7 Å². The first-order valence-electron chi connectivity index (χ1n) is 12.5. The lowest BCUT2D eigenvalue weighted by Gasteiger charge is -2.33. The van der Waals surface area contributed by atoms with E-state index in [-0.39, 0.29) is 12.4 Å². The summed E-state index contributed by atoms with van der Waals surface area (Å²) in [4.78, 5) is 16.7. The summed E-state index contributed by atoms with van der Waals surface area (Å²) < 4.78 is 31.8. The normalized spacial score (nSPS) is 18.8. The van der Waals surface area contributed by atoms with Crippen LogP contribution in [0.15, 0.2) is 24.5 Å². The second-order valence-electron chi connectivity index (χ2n) is 10.0. The molecule has 1 aromatic carbocycles. The Labute approximate surface area is 197 Å². The zero-order valence-electron chi connectivity index (χ0n) is 19.5. The number of H-pyrrole nitrogens is 1. The van der Waals surface area contributed by atoms with Crippen molar-refractivity contribution >= 4 is 28.0 Å². The maximum atomic E-state index is 15.2. The van der Waals surface area contributed by atoms with Gasteiger partial charge in [0.2, 0.25) is 5.95 Å². The number of aromatic amines is 1. The highest BCUT2D eigenvalue weighted by Crippen LogP contribution is 2.37.